The Bertz CT molecular complexity index is 1410. The first-order valence-corrected chi connectivity index (χ1v) is 14.7. The molecule has 5 aromatic rings. The minimum Gasteiger partial charge on any atom is -0.505 e. The quantitative estimate of drug-likeness (QED) is 0.177. The minimum absolute atomic E-state index is 0. The molecule has 0 fully saturated rings. The van der Waals surface area contributed by atoms with E-state index in [-0.39, 0.29) is 26.2 Å². The zero-order valence-electron chi connectivity index (χ0n) is 26.1. The van der Waals surface area contributed by atoms with Gasteiger partial charge in [0.2, 0.25) is 0 Å². The standard InChI is InChI=1S/C20H14ClO.C10H15.2C4H9.Zr/c1-22-19-10-9-16(13-5-3-2-4-6-13)18-12-14-11-15(21)7-8-17(14)20(18)19;1-8-5-6-9(7-8)10(2,3)4;2*1-3-4-2;/h2-12H,1H3;5-7H,1-4H3;2*1,3-4H2,2H3;/q4*-1;+4. The molecule has 0 heterocycles. The molecule has 0 atom stereocenters. The van der Waals surface area contributed by atoms with E-state index in [9.17, 15) is 0 Å². The average Bonchev–Trinajstić information content (AvgIpc) is 3.57. The number of aryl methyl sites for hydroxylation is 1. The zero-order valence-corrected chi connectivity index (χ0v) is 29.3. The molecule has 0 aliphatic carbocycles. The maximum absolute atomic E-state index is 6.15. The van der Waals surface area contributed by atoms with Gasteiger partial charge in [-0.25, -0.2) is 6.07 Å². The van der Waals surface area contributed by atoms with Crippen LogP contribution in [0.15, 0.2) is 84.9 Å². The molecule has 0 aromatic heterocycles. The molecule has 0 saturated carbocycles. The fraction of sp³-hybridized carbons (Fsp3) is 0.316. The maximum atomic E-state index is 6.15. The van der Waals surface area contributed by atoms with Crippen LogP contribution in [-0.4, -0.2) is 7.11 Å². The van der Waals surface area contributed by atoms with Gasteiger partial charge >= 0.3 is 26.2 Å². The van der Waals surface area contributed by atoms with E-state index in [4.69, 9.17) is 16.3 Å². The van der Waals surface area contributed by atoms with Crippen LogP contribution in [0.4, 0.5) is 0 Å². The Balaban J connectivity index is 0.000000369. The smallest absolute Gasteiger partial charge is 0.505 e. The van der Waals surface area contributed by atoms with Gasteiger partial charge < -0.3 is 18.6 Å². The molecule has 5 aromatic carbocycles. The summed E-state index contributed by atoms with van der Waals surface area (Å²) in [5, 5.41) is 5.42. The van der Waals surface area contributed by atoms with Crippen molar-refractivity contribution in [2.45, 2.75) is 72.6 Å². The summed E-state index contributed by atoms with van der Waals surface area (Å²) in [7, 11) is 1.71. The second kappa shape index (κ2) is 18.4. The van der Waals surface area contributed by atoms with E-state index in [2.05, 4.69) is 116 Å². The van der Waals surface area contributed by atoms with E-state index in [0.717, 1.165) is 34.4 Å². The van der Waals surface area contributed by atoms with Crippen molar-refractivity contribution in [3.63, 3.8) is 0 Å². The fourth-order valence-electron chi connectivity index (χ4n) is 4.13. The Morgan fingerprint density at radius 2 is 1.51 bits per heavy atom. The first kappa shape index (κ1) is 36.9. The van der Waals surface area contributed by atoms with Crippen molar-refractivity contribution >= 4 is 33.1 Å². The zero-order chi connectivity index (χ0) is 29.7. The Morgan fingerprint density at radius 1 is 0.902 bits per heavy atom. The van der Waals surface area contributed by atoms with Crippen LogP contribution in [0.2, 0.25) is 5.02 Å². The normalized spacial score (nSPS) is 10.4. The number of methoxy groups -OCH3 is 1. The van der Waals surface area contributed by atoms with Crippen molar-refractivity contribution in [2.75, 3.05) is 7.11 Å². The van der Waals surface area contributed by atoms with E-state index in [1.165, 1.54) is 45.9 Å². The van der Waals surface area contributed by atoms with Gasteiger partial charge in [-0.05, 0) is 6.07 Å². The number of hydrogen-bond acceptors (Lipinski definition) is 1. The third kappa shape index (κ3) is 10.9. The molecular formula is C38H47ClOZr. The van der Waals surface area contributed by atoms with Crippen LogP contribution >= 0.6 is 11.6 Å². The molecule has 0 saturated heterocycles. The van der Waals surface area contributed by atoms with Gasteiger partial charge in [-0.15, -0.1) is 28.3 Å². The number of rotatable bonds is 4. The SMILES string of the molecule is COc1ccc(-c2ccccc2)c2[cH-]c3cc(Cl)ccc3c12.C[c-]1ccc(C(C)(C)C)c1.[CH2-]CCC.[CH2-]CCC.[Zr+4]. The summed E-state index contributed by atoms with van der Waals surface area (Å²) in [6.45, 7) is 20.3. The maximum Gasteiger partial charge on any atom is 4.00 e. The summed E-state index contributed by atoms with van der Waals surface area (Å²) in [5.74, 6) is 0.895. The molecule has 0 N–H and O–H groups in total. The molecule has 1 nitrogen and oxygen atoms in total. The van der Waals surface area contributed by atoms with Crippen LogP contribution in [0, 0.1) is 20.8 Å². The molecule has 0 bridgehead atoms. The van der Waals surface area contributed by atoms with Crippen LogP contribution < -0.4 is 4.74 Å². The first-order chi connectivity index (χ1) is 19.1. The summed E-state index contributed by atoms with van der Waals surface area (Å²) in [4.78, 5) is 0. The van der Waals surface area contributed by atoms with Crippen molar-refractivity contribution < 1.29 is 30.9 Å². The fourth-order valence-corrected chi connectivity index (χ4v) is 4.31. The predicted molar refractivity (Wildman–Crippen MR) is 180 cm³/mol. The van der Waals surface area contributed by atoms with Crippen molar-refractivity contribution in [3.05, 3.63) is 115 Å². The number of halogens is 1. The summed E-state index contributed by atoms with van der Waals surface area (Å²) < 4.78 is 5.58. The Morgan fingerprint density at radius 3 is 1.98 bits per heavy atom. The predicted octanol–water partition coefficient (Wildman–Crippen LogP) is 12.3. The van der Waals surface area contributed by atoms with Gasteiger partial charge in [0.25, 0.3) is 0 Å². The third-order valence-electron chi connectivity index (χ3n) is 6.58. The minimum atomic E-state index is 0. The third-order valence-corrected chi connectivity index (χ3v) is 6.81. The Labute approximate surface area is 274 Å². The number of benzene rings is 3. The van der Waals surface area contributed by atoms with Gasteiger partial charge in [0.15, 0.2) is 0 Å². The first-order valence-electron chi connectivity index (χ1n) is 14.3. The van der Waals surface area contributed by atoms with Crippen molar-refractivity contribution in [2.24, 2.45) is 0 Å². The van der Waals surface area contributed by atoms with Crippen molar-refractivity contribution in [1.29, 1.82) is 0 Å². The van der Waals surface area contributed by atoms with Gasteiger partial charge in [-0.2, -0.15) is 36.1 Å². The van der Waals surface area contributed by atoms with Gasteiger partial charge in [0, 0.05) is 5.02 Å². The molecule has 3 heteroatoms. The van der Waals surface area contributed by atoms with Crippen molar-refractivity contribution in [1.82, 2.24) is 0 Å². The van der Waals surface area contributed by atoms with Crippen LogP contribution in [0.25, 0.3) is 32.7 Å². The molecule has 0 unspecified atom stereocenters. The second-order valence-electron chi connectivity index (χ2n) is 11.0. The van der Waals surface area contributed by atoms with E-state index in [0.29, 0.717) is 5.41 Å². The molecule has 216 valence electrons. The molecule has 41 heavy (non-hydrogen) atoms. The monoisotopic (exact) mass is 644 g/mol. The Kier molecular flexibility index (Phi) is 16.6. The van der Waals surface area contributed by atoms with Crippen molar-refractivity contribution in [3.8, 4) is 16.9 Å². The summed E-state index contributed by atoms with van der Waals surface area (Å²) in [6.07, 6.45) is 4.56. The van der Waals surface area contributed by atoms with Crippen LogP contribution in [0.1, 0.15) is 71.4 Å². The molecule has 0 spiro atoms. The molecule has 5 rings (SSSR count). The summed E-state index contributed by atoms with van der Waals surface area (Å²) in [5.41, 5.74) is 5.53. The molecule has 0 aliphatic rings. The summed E-state index contributed by atoms with van der Waals surface area (Å²) >= 11 is 6.15. The number of ether oxygens (including phenoxy) is 1. The average molecular weight is 646 g/mol. The number of fused-ring (bicyclic) bond motifs is 3. The molecular weight excluding hydrogens is 599 g/mol. The van der Waals surface area contributed by atoms with E-state index in [1.54, 1.807) is 7.11 Å². The number of hydrogen-bond donors (Lipinski definition) is 0. The Hall–Kier alpha value is -2.15. The summed E-state index contributed by atoms with van der Waals surface area (Å²) in [6, 6.07) is 29.4. The van der Waals surface area contributed by atoms with Gasteiger partial charge in [0.05, 0.1) is 12.9 Å². The van der Waals surface area contributed by atoms with Gasteiger partial charge in [-0.1, -0.05) is 136 Å². The van der Waals surface area contributed by atoms with Gasteiger partial charge in [0.1, 0.15) is 0 Å². The molecule has 0 radical (unpaired) electrons. The van der Waals surface area contributed by atoms with Crippen LogP contribution in [-0.2, 0) is 31.6 Å². The van der Waals surface area contributed by atoms with Gasteiger partial charge in [-0.3, -0.25) is 0 Å². The van der Waals surface area contributed by atoms with E-state index in [1.807, 2.05) is 24.3 Å². The topological polar surface area (TPSA) is 9.23 Å². The largest absolute Gasteiger partial charge is 4.00 e. The molecule has 0 aliphatic heterocycles. The van der Waals surface area contributed by atoms with Crippen LogP contribution in [0.5, 0.6) is 5.75 Å². The van der Waals surface area contributed by atoms with E-state index < -0.39 is 0 Å². The molecule has 0 amide bonds. The van der Waals surface area contributed by atoms with E-state index >= 15 is 0 Å². The number of unbranched alkanes of at least 4 members (excludes halogenated alkanes) is 2. The second-order valence-corrected chi connectivity index (χ2v) is 11.4. The van der Waals surface area contributed by atoms with Crippen LogP contribution in [0.3, 0.4) is 0 Å².